The van der Waals surface area contributed by atoms with E-state index in [1.807, 2.05) is 30.0 Å². The Morgan fingerprint density at radius 2 is 1.88 bits per heavy atom. The normalized spacial score (nSPS) is 22.7. The number of amides is 2. The maximum atomic E-state index is 14.0. The van der Waals surface area contributed by atoms with Gasteiger partial charge in [0.15, 0.2) is 0 Å². The number of hydrogen-bond donors (Lipinski definition) is 0. The van der Waals surface area contributed by atoms with Gasteiger partial charge >= 0.3 is 0 Å². The Morgan fingerprint density at radius 3 is 2.64 bits per heavy atom. The number of fused-ring (bicyclic) bond motifs is 1. The van der Waals surface area contributed by atoms with Gasteiger partial charge in [-0.2, -0.15) is 0 Å². The molecule has 2 aromatic rings. The topological polar surface area (TPSA) is 75.6 Å². The molecule has 1 aromatic heterocycles. The number of ether oxygens (including phenoxy) is 1. The highest BCUT2D eigenvalue weighted by Crippen LogP contribution is 2.39. The molecule has 4 heterocycles. The minimum absolute atomic E-state index is 0.0739. The number of aromatic nitrogens is 2. The third-order valence-corrected chi connectivity index (χ3v) is 7.65. The predicted octanol–water partition coefficient (Wildman–Crippen LogP) is 3.15. The first-order valence-electron chi connectivity index (χ1n) is 12.1. The van der Waals surface area contributed by atoms with Gasteiger partial charge in [-0.25, -0.2) is 9.97 Å². The quantitative estimate of drug-likeness (QED) is 0.721. The molecule has 3 aliphatic heterocycles. The summed E-state index contributed by atoms with van der Waals surface area (Å²) in [6.45, 7) is 4.58. The van der Waals surface area contributed by atoms with Crippen molar-refractivity contribution in [2.45, 2.75) is 56.8 Å². The number of likely N-dealkylation sites (tertiary alicyclic amines) is 1. The van der Waals surface area contributed by atoms with Crippen LogP contribution in [0, 0.1) is 6.92 Å². The molecule has 0 saturated carbocycles. The van der Waals surface area contributed by atoms with Crippen LogP contribution in [0.15, 0.2) is 30.3 Å². The number of rotatable bonds is 3. The van der Waals surface area contributed by atoms with Gasteiger partial charge in [-0.1, -0.05) is 30.3 Å². The second-order valence-electron chi connectivity index (χ2n) is 9.57. The monoisotopic (exact) mass is 448 g/mol. The lowest BCUT2D eigenvalue weighted by Gasteiger charge is -2.42. The Balaban J connectivity index is 1.43. The first-order valence-corrected chi connectivity index (χ1v) is 12.1. The lowest BCUT2D eigenvalue weighted by Crippen LogP contribution is -2.52. The lowest BCUT2D eigenvalue weighted by atomic mass is 9.72. The molecular weight excluding hydrogens is 416 g/mol. The van der Waals surface area contributed by atoms with E-state index in [0.29, 0.717) is 45.4 Å². The number of carbonyl (C=O) groups is 2. The Kier molecular flexibility index (Phi) is 5.91. The van der Waals surface area contributed by atoms with Crippen molar-refractivity contribution in [3.8, 4) is 0 Å². The van der Waals surface area contributed by atoms with Crippen LogP contribution in [0.2, 0.25) is 0 Å². The van der Waals surface area contributed by atoms with E-state index >= 15 is 0 Å². The van der Waals surface area contributed by atoms with Crippen LogP contribution in [0.5, 0.6) is 0 Å². The SMILES string of the molecule is Cc1nc([C@H]2CCCN(C(=O)C3(c4ccccc4)CCOCC3)C2)nc2c1CCC(=O)N2C. The van der Waals surface area contributed by atoms with E-state index in [2.05, 4.69) is 12.1 Å². The molecule has 0 unspecified atom stereocenters. The van der Waals surface area contributed by atoms with E-state index in [1.54, 1.807) is 11.9 Å². The highest BCUT2D eigenvalue weighted by molar-refractivity contribution is 5.94. The molecule has 2 saturated heterocycles. The average Bonchev–Trinajstić information content (AvgIpc) is 2.87. The molecule has 174 valence electrons. The summed E-state index contributed by atoms with van der Waals surface area (Å²) in [6.07, 6.45) is 4.48. The van der Waals surface area contributed by atoms with Crippen molar-refractivity contribution in [3.05, 3.63) is 53.0 Å². The molecule has 0 N–H and O–H groups in total. The van der Waals surface area contributed by atoms with Gasteiger partial charge in [-0.15, -0.1) is 0 Å². The van der Waals surface area contributed by atoms with Gasteiger partial charge in [0.05, 0.1) is 5.41 Å². The van der Waals surface area contributed by atoms with Gasteiger partial charge in [-0.3, -0.25) is 14.5 Å². The van der Waals surface area contributed by atoms with Gasteiger partial charge in [0.2, 0.25) is 11.8 Å². The van der Waals surface area contributed by atoms with Crippen molar-refractivity contribution in [2.24, 2.45) is 0 Å². The summed E-state index contributed by atoms with van der Waals surface area (Å²) < 4.78 is 5.64. The van der Waals surface area contributed by atoms with Gasteiger partial charge in [0.25, 0.3) is 0 Å². The molecule has 1 atom stereocenters. The Bertz CT molecular complexity index is 1050. The maximum absolute atomic E-state index is 14.0. The van der Waals surface area contributed by atoms with Crippen LogP contribution in [-0.2, 0) is 26.2 Å². The van der Waals surface area contributed by atoms with Crippen molar-refractivity contribution in [1.29, 1.82) is 0 Å². The standard InChI is InChI=1S/C26H32N4O3/c1-18-21-10-11-22(31)29(2)24(21)28-23(27-18)19-7-6-14-30(17-19)25(32)26(12-15-33-16-13-26)20-8-4-3-5-9-20/h3-5,8-9,19H,6-7,10-17H2,1-2H3/t19-/m0/s1. The molecule has 5 rings (SSSR count). The third-order valence-electron chi connectivity index (χ3n) is 7.65. The minimum Gasteiger partial charge on any atom is -0.381 e. The molecule has 2 amide bonds. The number of aryl methyl sites for hydroxylation is 1. The molecule has 0 aliphatic carbocycles. The number of benzene rings is 1. The number of carbonyl (C=O) groups excluding carboxylic acids is 2. The molecule has 0 bridgehead atoms. The van der Waals surface area contributed by atoms with Crippen LogP contribution < -0.4 is 4.90 Å². The molecule has 7 nitrogen and oxygen atoms in total. The number of hydrogen-bond acceptors (Lipinski definition) is 5. The molecule has 0 spiro atoms. The number of nitrogens with zero attached hydrogens (tertiary/aromatic N) is 4. The minimum atomic E-state index is -0.527. The Hall–Kier alpha value is -2.80. The van der Waals surface area contributed by atoms with E-state index in [0.717, 1.165) is 47.8 Å². The fourth-order valence-electron chi connectivity index (χ4n) is 5.65. The fraction of sp³-hybridized carbons (Fsp3) is 0.538. The zero-order chi connectivity index (χ0) is 23.0. The number of anilines is 1. The molecule has 1 aromatic carbocycles. The van der Waals surface area contributed by atoms with Crippen LogP contribution in [0.1, 0.15) is 60.7 Å². The van der Waals surface area contributed by atoms with Crippen molar-refractivity contribution in [1.82, 2.24) is 14.9 Å². The summed E-state index contributed by atoms with van der Waals surface area (Å²) in [6, 6.07) is 10.2. The molecule has 3 aliphatic rings. The zero-order valence-electron chi connectivity index (χ0n) is 19.5. The van der Waals surface area contributed by atoms with Crippen molar-refractivity contribution >= 4 is 17.6 Å². The van der Waals surface area contributed by atoms with Crippen LogP contribution in [0.3, 0.4) is 0 Å². The molecule has 2 fully saturated rings. The van der Waals surface area contributed by atoms with Crippen LogP contribution in [0.25, 0.3) is 0 Å². The Labute approximate surface area is 195 Å². The second-order valence-corrected chi connectivity index (χ2v) is 9.57. The fourth-order valence-corrected chi connectivity index (χ4v) is 5.65. The van der Waals surface area contributed by atoms with E-state index in [1.165, 1.54) is 0 Å². The van der Waals surface area contributed by atoms with Crippen molar-refractivity contribution < 1.29 is 14.3 Å². The maximum Gasteiger partial charge on any atom is 0.233 e. The van der Waals surface area contributed by atoms with Crippen LogP contribution in [0.4, 0.5) is 5.82 Å². The summed E-state index contributed by atoms with van der Waals surface area (Å²) in [4.78, 5) is 39.6. The lowest BCUT2D eigenvalue weighted by molar-refractivity contribution is -0.142. The first kappa shape index (κ1) is 22.0. The van der Waals surface area contributed by atoms with E-state index in [-0.39, 0.29) is 17.7 Å². The highest BCUT2D eigenvalue weighted by Gasteiger charge is 2.45. The molecular formula is C26H32N4O3. The zero-order valence-corrected chi connectivity index (χ0v) is 19.5. The van der Waals surface area contributed by atoms with Gasteiger partial charge < -0.3 is 9.64 Å². The first-order chi connectivity index (χ1) is 16.0. The van der Waals surface area contributed by atoms with Gasteiger partial charge in [0, 0.05) is 56.9 Å². The summed E-state index contributed by atoms with van der Waals surface area (Å²) >= 11 is 0. The van der Waals surface area contributed by atoms with E-state index in [4.69, 9.17) is 14.7 Å². The summed E-state index contributed by atoms with van der Waals surface area (Å²) in [5.74, 6) is 1.86. The third kappa shape index (κ3) is 3.92. The molecule has 7 heteroatoms. The summed E-state index contributed by atoms with van der Waals surface area (Å²) in [7, 11) is 1.79. The largest absolute Gasteiger partial charge is 0.381 e. The van der Waals surface area contributed by atoms with Gasteiger partial charge in [-0.05, 0) is 44.6 Å². The smallest absolute Gasteiger partial charge is 0.233 e. The summed E-state index contributed by atoms with van der Waals surface area (Å²) in [5.41, 5.74) is 2.57. The molecule has 0 radical (unpaired) electrons. The average molecular weight is 449 g/mol. The van der Waals surface area contributed by atoms with E-state index in [9.17, 15) is 9.59 Å². The van der Waals surface area contributed by atoms with Crippen molar-refractivity contribution in [3.63, 3.8) is 0 Å². The van der Waals surface area contributed by atoms with Crippen molar-refractivity contribution in [2.75, 3.05) is 38.3 Å². The summed E-state index contributed by atoms with van der Waals surface area (Å²) in [5, 5.41) is 0. The van der Waals surface area contributed by atoms with E-state index < -0.39 is 5.41 Å². The second kappa shape index (κ2) is 8.86. The van der Waals surface area contributed by atoms with Crippen LogP contribution in [-0.4, -0.2) is 60.0 Å². The van der Waals surface area contributed by atoms with Gasteiger partial charge in [0.1, 0.15) is 11.6 Å². The predicted molar refractivity (Wildman–Crippen MR) is 125 cm³/mol. The number of piperidine rings is 1. The highest BCUT2D eigenvalue weighted by atomic mass is 16.5. The Morgan fingerprint density at radius 1 is 1.12 bits per heavy atom. The van der Waals surface area contributed by atoms with Crippen LogP contribution >= 0.6 is 0 Å². The molecule has 33 heavy (non-hydrogen) atoms.